The van der Waals surface area contributed by atoms with Gasteiger partial charge in [0.15, 0.2) is 0 Å². The third-order valence-electron chi connectivity index (χ3n) is 1.64. The molecule has 1 aliphatic heterocycles. The minimum Gasteiger partial charge on any atom is -0.294 e. The summed E-state index contributed by atoms with van der Waals surface area (Å²) < 4.78 is 1.98. The van der Waals surface area contributed by atoms with Crippen molar-refractivity contribution in [2.45, 2.75) is 12.8 Å². The summed E-state index contributed by atoms with van der Waals surface area (Å²) in [7, 11) is 0. The molecular formula is C7H9N3. The molecule has 52 valence electrons. The molecule has 1 aromatic rings. The van der Waals surface area contributed by atoms with Gasteiger partial charge in [0, 0.05) is 25.4 Å². The van der Waals surface area contributed by atoms with Crippen LogP contribution >= 0.6 is 0 Å². The molecule has 0 radical (unpaired) electrons. The highest BCUT2D eigenvalue weighted by Gasteiger charge is 2.02. The molecule has 0 spiro atoms. The van der Waals surface area contributed by atoms with Crippen LogP contribution in [0, 0.1) is 0 Å². The van der Waals surface area contributed by atoms with E-state index in [1.54, 1.807) is 0 Å². The Balaban J connectivity index is 2.42. The summed E-state index contributed by atoms with van der Waals surface area (Å²) in [5.74, 6) is 1.13. The SMILES string of the molecule is C1=NCCCc2nccn21. The molecule has 0 amide bonds. The van der Waals surface area contributed by atoms with E-state index in [2.05, 4.69) is 9.98 Å². The minimum atomic E-state index is 0.934. The Bertz CT molecular complexity index is 249. The molecule has 3 heteroatoms. The molecule has 0 aliphatic carbocycles. The van der Waals surface area contributed by atoms with Gasteiger partial charge >= 0.3 is 0 Å². The highest BCUT2D eigenvalue weighted by atomic mass is 15.1. The van der Waals surface area contributed by atoms with Crippen LogP contribution in [0.5, 0.6) is 0 Å². The summed E-state index contributed by atoms with van der Waals surface area (Å²) in [6.07, 6.45) is 7.76. The van der Waals surface area contributed by atoms with E-state index in [1.165, 1.54) is 0 Å². The van der Waals surface area contributed by atoms with Gasteiger partial charge in [-0.25, -0.2) is 4.98 Å². The summed E-state index contributed by atoms with van der Waals surface area (Å²) in [5.41, 5.74) is 0. The molecule has 1 aromatic heterocycles. The van der Waals surface area contributed by atoms with Crippen LogP contribution < -0.4 is 0 Å². The second-order valence-electron chi connectivity index (χ2n) is 2.38. The van der Waals surface area contributed by atoms with Gasteiger partial charge in [0.25, 0.3) is 0 Å². The van der Waals surface area contributed by atoms with Crippen LogP contribution in [0.2, 0.25) is 0 Å². The van der Waals surface area contributed by atoms with Crippen molar-refractivity contribution in [1.82, 2.24) is 9.55 Å². The molecule has 0 atom stereocenters. The third-order valence-corrected chi connectivity index (χ3v) is 1.64. The molecule has 0 bridgehead atoms. The smallest absolute Gasteiger partial charge is 0.113 e. The first-order chi connectivity index (χ1) is 4.97. The third kappa shape index (κ3) is 0.835. The average Bonchev–Trinajstić information content (AvgIpc) is 2.28. The largest absolute Gasteiger partial charge is 0.294 e. The Morgan fingerprint density at radius 3 is 3.50 bits per heavy atom. The molecule has 0 aromatic carbocycles. The number of hydrogen-bond acceptors (Lipinski definition) is 2. The van der Waals surface area contributed by atoms with Crippen molar-refractivity contribution in [3.05, 3.63) is 18.2 Å². The first kappa shape index (κ1) is 5.65. The average molecular weight is 135 g/mol. The van der Waals surface area contributed by atoms with Crippen LogP contribution in [0.15, 0.2) is 17.4 Å². The lowest BCUT2D eigenvalue weighted by molar-refractivity contribution is 0.805. The number of hydrogen-bond donors (Lipinski definition) is 0. The van der Waals surface area contributed by atoms with Gasteiger partial charge < -0.3 is 0 Å². The number of nitrogens with zero attached hydrogens (tertiary/aromatic N) is 3. The standard InChI is InChI=1S/C7H9N3/c1-2-7-9-4-5-10(7)6-8-3-1/h4-6H,1-3H2. The van der Waals surface area contributed by atoms with E-state index in [1.807, 2.05) is 23.3 Å². The van der Waals surface area contributed by atoms with Crippen molar-refractivity contribution in [3.8, 4) is 0 Å². The van der Waals surface area contributed by atoms with Crippen molar-refractivity contribution in [2.24, 2.45) is 4.99 Å². The topological polar surface area (TPSA) is 30.2 Å². The van der Waals surface area contributed by atoms with Crippen LogP contribution in [0.25, 0.3) is 0 Å². The summed E-state index contributed by atoms with van der Waals surface area (Å²) in [6, 6.07) is 0. The molecule has 0 N–H and O–H groups in total. The predicted octanol–water partition coefficient (Wildman–Crippen LogP) is 0.706. The Kier molecular flexibility index (Phi) is 1.27. The number of imidazole rings is 1. The highest BCUT2D eigenvalue weighted by Crippen LogP contribution is 2.02. The lowest BCUT2D eigenvalue weighted by atomic mass is 10.3. The van der Waals surface area contributed by atoms with E-state index in [0.717, 1.165) is 25.2 Å². The van der Waals surface area contributed by atoms with Crippen molar-refractivity contribution < 1.29 is 0 Å². The fourth-order valence-corrected chi connectivity index (χ4v) is 1.12. The van der Waals surface area contributed by atoms with Gasteiger partial charge in [-0.3, -0.25) is 9.56 Å². The Hall–Kier alpha value is -1.12. The fourth-order valence-electron chi connectivity index (χ4n) is 1.12. The summed E-state index contributed by atoms with van der Waals surface area (Å²) in [4.78, 5) is 8.37. The monoisotopic (exact) mass is 135 g/mol. The first-order valence-electron chi connectivity index (χ1n) is 3.48. The number of rotatable bonds is 0. The fraction of sp³-hybridized carbons (Fsp3) is 0.429. The molecule has 3 nitrogen and oxygen atoms in total. The van der Waals surface area contributed by atoms with Crippen LogP contribution in [-0.4, -0.2) is 22.4 Å². The maximum absolute atomic E-state index is 4.19. The van der Waals surface area contributed by atoms with Crippen LogP contribution in [0.3, 0.4) is 0 Å². The van der Waals surface area contributed by atoms with Gasteiger partial charge in [0.2, 0.25) is 0 Å². The van der Waals surface area contributed by atoms with Gasteiger partial charge in [0.05, 0.1) is 6.34 Å². The van der Waals surface area contributed by atoms with Gasteiger partial charge in [-0.2, -0.15) is 0 Å². The van der Waals surface area contributed by atoms with E-state index in [0.29, 0.717) is 0 Å². The Morgan fingerprint density at radius 1 is 1.50 bits per heavy atom. The van der Waals surface area contributed by atoms with Crippen LogP contribution in [-0.2, 0) is 6.42 Å². The molecule has 0 saturated carbocycles. The molecule has 10 heavy (non-hydrogen) atoms. The normalized spacial score (nSPS) is 16.4. The van der Waals surface area contributed by atoms with Gasteiger partial charge in [0.1, 0.15) is 5.82 Å². The zero-order valence-electron chi connectivity index (χ0n) is 5.70. The second-order valence-corrected chi connectivity index (χ2v) is 2.38. The van der Waals surface area contributed by atoms with E-state index < -0.39 is 0 Å². The number of aryl methyl sites for hydroxylation is 1. The predicted molar refractivity (Wildman–Crippen MR) is 39.3 cm³/mol. The van der Waals surface area contributed by atoms with Gasteiger partial charge in [-0.15, -0.1) is 0 Å². The first-order valence-corrected chi connectivity index (χ1v) is 3.48. The van der Waals surface area contributed by atoms with Gasteiger partial charge in [-0.05, 0) is 6.42 Å². The number of aliphatic imine (C=N–C) groups is 1. The molecule has 0 saturated heterocycles. The van der Waals surface area contributed by atoms with Crippen molar-refractivity contribution in [3.63, 3.8) is 0 Å². The zero-order valence-corrected chi connectivity index (χ0v) is 5.70. The minimum absolute atomic E-state index is 0.934. The van der Waals surface area contributed by atoms with Crippen molar-refractivity contribution >= 4 is 6.34 Å². The molecule has 1 aliphatic rings. The van der Waals surface area contributed by atoms with Crippen molar-refractivity contribution in [1.29, 1.82) is 0 Å². The maximum atomic E-state index is 4.19. The van der Waals surface area contributed by atoms with E-state index in [9.17, 15) is 0 Å². The zero-order chi connectivity index (χ0) is 6.81. The number of aromatic nitrogens is 2. The molecule has 0 fully saturated rings. The Morgan fingerprint density at radius 2 is 2.50 bits per heavy atom. The van der Waals surface area contributed by atoms with E-state index >= 15 is 0 Å². The van der Waals surface area contributed by atoms with Crippen molar-refractivity contribution in [2.75, 3.05) is 6.54 Å². The summed E-state index contributed by atoms with van der Waals surface area (Å²) in [5, 5.41) is 0. The molecule has 0 unspecified atom stereocenters. The van der Waals surface area contributed by atoms with E-state index in [-0.39, 0.29) is 0 Å². The quantitative estimate of drug-likeness (QED) is 0.515. The lowest BCUT2D eigenvalue weighted by Gasteiger charge is -1.93. The summed E-state index contributed by atoms with van der Waals surface area (Å²) >= 11 is 0. The Labute approximate surface area is 59.4 Å². The molecule has 2 heterocycles. The lowest BCUT2D eigenvalue weighted by Crippen LogP contribution is -1.97. The maximum Gasteiger partial charge on any atom is 0.113 e. The molecule has 2 rings (SSSR count). The van der Waals surface area contributed by atoms with Gasteiger partial charge in [-0.1, -0.05) is 0 Å². The van der Waals surface area contributed by atoms with E-state index in [4.69, 9.17) is 0 Å². The summed E-state index contributed by atoms with van der Waals surface area (Å²) in [6.45, 7) is 0.934. The number of fused-ring (bicyclic) bond motifs is 1. The van der Waals surface area contributed by atoms with Crippen LogP contribution in [0.4, 0.5) is 0 Å². The molecular weight excluding hydrogens is 126 g/mol. The van der Waals surface area contributed by atoms with Crippen LogP contribution in [0.1, 0.15) is 12.2 Å². The second kappa shape index (κ2) is 2.25. The highest BCUT2D eigenvalue weighted by molar-refractivity contribution is 5.59.